The number of anilines is 1. The minimum absolute atomic E-state index is 0.0439. The second kappa shape index (κ2) is 6.64. The smallest absolute Gasteiger partial charge is 0.251 e. The van der Waals surface area contributed by atoms with E-state index in [0.717, 1.165) is 23.9 Å². The molecule has 0 saturated heterocycles. The summed E-state index contributed by atoms with van der Waals surface area (Å²) < 4.78 is 0.757. The molecule has 0 aliphatic heterocycles. The minimum atomic E-state index is -0.0439. The number of halogens is 1. The lowest BCUT2D eigenvalue weighted by Crippen LogP contribution is -2.28. The van der Waals surface area contributed by atoms with E-state index in [4.69, 9.17) is 5.73 Å². The standard InChI is InChI=1S/C13H19BrN2O/c1-3-9(4-2)8-16-13(17)10-5-6-12(15)11(14)7-10/h5-7,9H,3-4,8,15H2,1-2H3,(H,16,17). The lowest BCUT2D eigenvalue weighted by atomic mass is 10.0. The maximum atomic E-state index is 11.9. The molecular weight excluding hydrogens is 280 g/mol. The van der Waals surface area contributed by atoms with Gasteiger partial charge in [-0.3, -0.25) is 4.79 Å². The molecule has 0 aromatic heterocycles. The van der Waals surface area contributed by atoms with E-state index in [0.29, 0.717) is 17.2 Å². The zero-order chi connectivity index (χ0) is 12.8. The van der Waals surface area contributed by atoms with Crippen LogP contribution in [-0.2, 0) is 0 Å². The fourth-order valence-corrected chi connectivity index (χ4v) is 1.96. The molecule has 0 fully saturated rings. The molecule has 4 heteroatoms. The Morgan fingerprint density at radius 2 is 2.06 bits per heavy atom. The Morgan fingerprint density at radius 3 is 2.59 bits per heavy atom. The fourth-order valence-electron chi connectivity index (χ4n) is 1.58. The van der Waals surface area contributed by atoms with Gasteiger partial charge in [-0.1, -0.05) is 26.7 Å². The zero-order valence-electron chi connectivity index (χ0n) is 10.3. The molecule has 1 amide bonds. The Bertz CT molecular complexity index is 389. The molecule has 1 aromatic rings. The number of carbonyl (C=O) groups is 1. The lowest BCUT2D eigenvalue weighted by Gasteiger charge is -2.13. The van der Waals surface area contributed by atoms with Crippen molar-refractivity contribution in [3.05, 3.63) is 28.2 Å². The normalized spacial score (nSPS) is 10.6. The van der Waals surface area contributed by atoms with Gasteiger partial charge in [-0.25, -0.2) is 0 Å². The summed E-state index contributed by atoms with van der Waals surface area (Å²) in [6, 6.07) is 5.22. The molecule has 3 nitrogen and oxygen atoms in total. The van der Waals surface area contributed by atoms with Crippen molar-refractivity contribution in [1.82, 2.24) is 5.32 Å². The van der Waals surface area contributed by atoms with Crippen molar-refractivity contribution < 1.29 is 4.79 Å². The molecule has 0 aliphatic carbocycles. The topological polar surface area (TPSA) is 55.1 Å². The molecule has 1 aromatic carbocycles. The van der Waals surface area contributed by atoms with Crippen molar-refractivity contribution in [3.63, 3.8) is 0 Å². The fraction of sp³-hybridized carbons (Fsp3) is 0.462. The average Bonchev–Trinajstić information content (AvgIpc) is 2.33. The molecule has 1 rings (SSSR count). The molecule has 0 saturated carbocycles. The molecule has 0 bridgehead atoms. The van der Waals surface area contributed by atoms with Gasteiger partial charge in [0.15, 0.2) is 0 Å². The molecule has 94 valence electrons. The van der Waals surface area contributed by atoms with E-state index < -0.39 is 0 Å². The number of benzene rings is 1. The summed E-state index contributed by atoms with van der Waals surface area (Å²) in [5, 5.41) is 2.95. The number of rotatable bonds is 5. The number of nitrogens with one attached hydrogen (secondary N) is 1. The highest BCUT2D eigenvalue weighted by molar-refractivity contribution is 9.10. The van der Waals surface area contributed by atoms with Gasteiger partial charge in [-0.05, 0) is 40.0 Å². The third-order valence-corrected chi connectivity index (χ3v) is 3.66. The molecule has 0 radical (unpaired) electrons. The van der Waals surface area contributed by atoms with Crippen LogP contribution in [-0.4, -0.2) is 12.5 Å². The lowest BCUT2D eigenvalue weighted by molar-refractivity contribution is 0.0946. The molecule has 0 heterocycles. The summed E-state index contributed by atoms with van der Waals surface area (Å²) in [5.41, 5.74) is 6.95. The van der Waals surface area contributed by atoms with Crippen molar-refractivity contribution in [2.24, 2.45) is 5.92 Å². The first-order chi connectivity index (χ1) is 8.08. The molecule has 0 atom stereocenters. The second-order valence-corrected chi connectivity index (χ2v) is 4.98. The summed E-state index contributed by atoms with van der Waals surface area (Å²) in [5.74, 6) is 0.508. The van der Waals surface area contributed by atoms with Crippen molar-refractivity contribution in [2.75, 3.05) is 12.3 Å². The van der Waals surface area contributed by atoms with Crippen LogP contribution in [0.5, 0.6) is 0 Å². The van der Waals surface area contributed by atoms with E-state index in [1.165, 1.54) is 0 Å². The summed E-state index contributed by atoms with van der Waals surface area (Å²) >= 11 is 3.32. The summed E-state index contributed by atoms with van der Waals surface area (Å²) in [4.78, 5) is 11.9. The highest BCUT2D eigenvalue weighted by Gasteiger charge is 2.09. The Hall–Kier alpha value is -1.03. The third-order valence-electron chi connectivity index (χ3n) is 2.97. The van der Waals surface area contributed by atoms with Crippen LogP contribution >= 0.6 is 15.9 Å². The van der Waals surface area contributed by atoms with Crippen LogP contribution in [0.3, 0.4) is 0 Å². The molecule has 3 N–H and O–H groups in total. The highest BCUT2D eigenvalue weighted by atomic mass is 79.9. The zero-order valence-corrected chi connectivity index (χ0v) is 11.9. The first-order valence-corrected chi connectivity index (χ1v) is 6.71. The van der Waals surface area contributed by atoms with E-state index in [-0.39, 0.29) is 5.91 Å². The largest absolute Gasteiger partial charge is 0.398 e. The molecule has 0 spiro atoms. The van der Waals surface area contributed by atoms with Gasteiger partial charge in [-0.2, -0.15) is 0 Å². The van der Waals surface area contributed by atoms with Gasteiger partial charge in [-0.15, -0.1) is 0 Å². The van der Waals surface area contributed by atoms with Crippen molar-refractivity contribution >= 4 is 27.5 Å². The number of hydrogen-bond donors (Lipinski definition) is 2. The van der Waals surface area contributed by atoms with Crippen molar-refractivity contribution in [3.8, 4) is 0 Å². The van der Waals surface area contributed by atoms with Gasteiger partial charge < -0.3 is 11.1 Å². The molecule has 0 unspecified atom stereocenters. The third kappa shape index (κ3) is 4.04. The summed E-state index contributed by atoms with van der Waals surface area (Å²) in [6.45, 7) is 5.01. The van der Waals surface area contributed by atoms with E-state index >= 15 is 0 Å². The summed E-state index contributed by atoms with van der Waals surface area (Å²) in [6.07, 6.45) is 2.17. The monoisotopic (exact) mass is 298 g/mol. The number of carbonyl (C=O) groups excluding carboxylic acids is 1. The van der Waals surface area contributed by atoms with E-state index in [9.17, 15) is 4.79 Å². The van der Waals surface area contributed by atoms with E-state index in [2.05, 4.69) is 35.1 Å². The molecular formula is C13H19BrN2O. The van der Waals surface area contributed by atoms with Crippen LogP contribution in [0.2, 0.25) is 0 Å². The Balaban J connectivity index is 2.61. The predicted octanol–water partition coefficient (Wildman–Crippen LogP) is 3.20. The van der Waals surface area contributed by atoms with Crippen LogP contribution < -0.4 is 11.1 Å². The first kappa shape index (κ1) is 14.0. The van der Waals surface area contributed by atoms with Crippen LogP contribution in [0.25, 0.3) is 0 Å². The SMILES string of the molecule is CCC(CC)CNC(=O)c1ccc(N)c(Br)c1. The highest BCUT2D eigenvalue weighted by Crippen LogP contribution is 2.20. The van der Waals surface area contributed by atoms with Crippen LogP contribution in [0, 0.1) is 5.92 Å². The van der Waals surface area contributed by atoms with Gasteiger partial charge in [0, 0.05) is 22.3 Å². The Morgan fingerprint density at radius 1 is 1.41 bits per heavy atom. The number of nitrogens with two attached hydrogens (primary N) is 1. The van der Waals surface area contributed by atoms with Gasteiger partial charge in [0.25, 0.3) is 5.91 Å². The first-order valence-electron chi connectivity index (χ1n) is 5.91. The summed E-state index contributed by atoms with van der Waals surface area (Å²) in [7, 11) is 0. The average molecular weight is 299 g/mol. The van der Waals surface area contributed by atoms with Crippen LogP contribution in [0.15, 0.2) is 22.7 Å². The molecule has 17 heavy (non-hydrogen) atoms. The molecule has 0 aliphatic rings. The predicted molar refractivity (Wildman–Crippen MR) is 75.0 cm³/mol. The number of hydrogen-bond acceptors (Lipinski definition) is 2. The maximum absolute atomic E-state index is 11.9. The van der Waals surface area contributed by atoms with Crippen LogP contribution in [0.4, 0.5) is 5.69 Å². The maximum Gasteiger partial charge on any atom is 0.251 e. The van der Waals surface area contributed by atoms with Gasteiger partial charge >= 0.3 is 0 Å². The quantitative estimate of drug-likeness (QED) is 0.820. The van der Waals surface area contributed by atoms with Crippen molar-refractivity contribution in [2.45, 2.75) is 26.7 Å². The van der Waals surface area contributed by atoms with Gasteiger partial charge in [0.05, 0.1) is 0 Å². The van der Waals surface area contributed by atoms with E-state index in [1.807, 2.05) is 0 Å². The van der Waals surface area contributed by atoms with Gasteiger partial charge in [0.1, 0.15) is 0 Å². The number of amides is 1. The number of nitrogen functional groups attached to an aromatic ring is 1. The second-order valence-electron chi connectivity index (χ2n) is 4.13. The van der Waals surface area contributed by atoms with E-state index in [1.54, 1.807) is 18.2 Å². The van der Waals surface area contributed by atoms with Gasteiger partial charge in [0.2, 0.25) is 0 Å². The van der Waals surface area contributed by atoms with Crippen LogP contribution in [0.1, 0.15) is 37.0 Å². The minimum Gasteiger partial charge on any atom is -0.398 e. The Labute approximate surface area is 111 Å². The van der Waals surface area contributed by atoms with Crippen molar-refractivity contribution in [1.29, 1.82) is 0 Å². The Kier molecular flexibility index (Phi) is 5.48.